The molecule has 0 aliphatic heterocycles. The lowest BCUT2D eigenvalue weighted by molar-refractivity contribution is -0.137. The van der Waals surface area contributed by atoms with E-state index in [2.05, 4.69) is 4.85 Å². The van der Waals surface area contributed by atoms with Crippen molar-refractivity contribution in [1.29, 1.82) is 0 Å². The van der Waals surface area contributed by atoms with E-state index >= 15 is 0 Å². The van der Waals surface area contributed by atoms with Gasteiger partial charge in [-0.05, 0) is 47.9 Å². The van der Waals surface area contributed by atoms with Gasteiger partial charge in [0.1, 0.15) is 5.82 Å². The van der Waals surface area contributed by atoms with Gasteiger partial charge in [-0.1, -0.05) is 6.07 Å². The number of hydrogen-bond donors (Lipinski definition) is 0. The molecule has 0 N–H and O–H groups in total. The fraction of sp³-hybridized carbons (Fsp3) is 0.133. The number of aryl methyl sites for hydroxylation is 1. The second-order valence-corrected chi connectivity index (χ2v) is 4.49. The van der Waals surface area contributed by atoms with Crippen LogP contribution in [0.1, 0.15) is 11.1 Å². The number of nitrogens with zero attached hydrogens (tertiary/aromatic N) is 1. The summed E-state index contributed by atoms with van der Waals surface area (Å²) in [6.45, 7) is 8.23. The van der Waals surface area contributed by atoms with Gasteiger partial charge >= 0.3 is 6.18 Å². The summed E-state index contributed by atoms with van der Waals surface area (Å²) < 4.78 is 65.0. The zero-order chi connectivity index (χ0) is 15.8. The van der Waals surface area contributed by atoms with Crippen LogP contribution in [0.5, 0.6) is 0 Å². The molecule has 0 fully saturated rings. The quantitative estimate of drug-likeness (QED) is 0.483. The maximum atomic E-state index is 13.4. The Morgan fingerprint density at radius 1 is 0.952 bits per heavy atom. The van der Waals surface area contributed by atoms with Crippen molar-refractivity contribution in [3.63, 3.8) is 0 Å². The topological polar surface area (TPSA) is 4.36 Å². The highest BCUT2D eigenvalue weighted by atomic mass is 19.4. The second kappa shape index (κ2) is 5.17. The molecule has 2 aromatic carbocycles. The first-order valence-corrected chi connectivity index (χ1v) is 5.78. The molecule has 0 unspecified atom stereocenters. The van der Waals surface area contributed by atoms with Gasteiger partial charge in [0.2, 0.25) is 5.69 Å². The van der Waals surface area contributed by atoms with Gasteiger partial charge in [0, 0.05) is 0 Å². The molecule has 0 aromatic heterocycles. The molecule has 108 valence electrons. The van der Waals surface area contributed by atoms with Crippen molar-refractivity contribution in [3.8, 4) is 11.1 Å². The highest BCUT2D eigenvalue weighted by Gasteiger charge is 2.31. The largest absolute Gasteiger partial charge is 0.416 e. The molecule has 0 bridgehead atoms. The average Bonchev–Trinajstić information content (AvgIpc) is 2.40. The standard InChI is InChI=1S/C15H8F5N/c1-8-3-9(5-11(4-8)15(18,19)20)10-6-12(16)14(17)13(7-10)21-2/h3-7H,1H3. The molecule has 6 heteroatoms. The maximum Gasteiger partial charge on any atom is 0.416 e. The normalized spacial score (nSPS) is 11.3. The number of hydrogen-bond acceptors (Lipinski definition) is 0. The molecule has 2 rings (SSSR count). The third-order valence-electron chi connectivity index (χ3n) is 2.87. The zero-order valence-electron chi connectivity index (χ0n) is 10.7. The minimum Gasteiger partial charge on any atom is -0.235 e. The van der Waals surface area contributed by atoms with E-state index in [9.17, 15) is 22.0 Å². The Morgan fingerprint density at radius 3 is 2.14 bits per heavy atom. The molecule has 0 atom stereocenters. The van der Waals surface area contributed by atoms with Gasteiger partial charge in [-0.2, -0.15) is 13.2 Å². The predicted octanol–water partition coefficient (Wildman–Crippen LogP) is 5.51. The van der Waals surface area contributed by atoms with Crippen LogP contribution >= 0.6 is 0 Å². The SMILES string of the molecule is [C-]#[N+]c1cc(-c2cc(C)cc(C(F)(F)F)c2)cc(F)c1F. The number of benzene rings is 2. The van der Waals surface area contributed by atoms with Crippen LogP contribution in [0.3, 0.4) is 0 Å². The highest BCUT2D eigenvalue weighted by Crippen LogP contribution is 2.35. The highest BCUT2D eigenvalue weighted by molar-refractivity contribution is 5.70. The Bertz CT molecular complexity index is 741. The van der Waals surface area contributed by atoms with E-state index < -0.39 is 29.1 Å². The first kappa shape index (κ1) is 15.0. The van der Waals surface area contributed by atoms with Crippen LogP contribution in [-0.2, 0) is 6.18 Å². The van der Waals surface area contributed by atoms with E-state index in [1.165, 1.54) is 13.0 Å². The van der Waals surface area contributed by atoms with Crippen molar-refractivity contribution < 1.29 is 22.0 Å². The Hall–Kier alpha value is -2.42. The predicted molar refractivity (Wildman–Crippen MR) is 67.8 cm³/mol. The Labute approximate surface area is 117 Å². The van der Waals surface area contributed by atoms with Crippen LogP contribution in [0.15, 0.2) is 30.3 Å². The molecule has 21 heavy (non-hydrogen) atoms. The first-order valence-electron chi connectivity index (χ1n) is 5.78. The van der Waals surface area contributed by atoms with E-state index in [-0.39, 0.29) is 11.1 Å². The number of alkyl halides is 3. The average molecular weight is 297 g/mol. The fourth-order valence-electron chi connectivity index (χ4n) is 1.94. The lowest BCUT2D eigenvalue weighted by Gasteiger charge is -2.11. The van der Waals surface area contributed by atoms with Crippen LogP contribution in [-0.4, -0.2) is 0 Å². The molecule has 0 spiro atoms. The van der Waals surface area contributed by atoms with Crippen molar-refractivity contribution in [1.82, 2.24) is 0 Å². The minimum atomic E-state index is -4.54. The monoisotopic (exact) mass is 297 g/mol. The Balaban J connectivity index is 2.66. The van der Waals surface area contributed by atoms with Gasteiger partial charge in [0.15, 0.2) is 5.82 Å². The van der Waals surface area contributed by atoms with E-state index in [1.807, 2.05) is 0 Å². The van der Waals surface area contributed by atoms with Crippen molar-refractivity contribution in [2.45, 2.75) is 13.1 Å². The van der Waals surface area contributed by atoms with E-state index in [4.69, 9.17) is 6.57 Å². The van der Waals surface area contributed by atoms with E-state index in [0.29, 0.717) is 5.56 Å². The lowest BCUT2D eigenvalue weighted by atomic mass is 9.99. The van der Waals surface area contributed by atoms with Gasteiger partial charge in [-0.15, -0.1) is 0 Å². The minimum absolute atomic E-state index is 0.0223. The summed E-state index contributed by atoms with van der Waals surface area (Å²) >= 11 is 0. The molecule has 0 saturated carbocycles. The molecule has 0 saturated heterocycles. The van der Waals surface area contributed by atoms with E-state index in [1.54, 1.807) is 0 Å². The summed E-state index contributed by atoms with van der Waals surface area (Å²) in [7, 11) is 0. The number of rotatable bonds is 1. The van der Waals surface area contributed by atoms with Crippen LogP contribution < -0.4 is 0 Å². The van der Waals surface area contributed by atoms with Crippen molar-refractivity contribution >= 4 is 5.69 Å². The summed E-state index contributed by atoms with van der Waals surface area (Å²) in [5.41, 5.74) is -1.03. The maximum absolute atomic E-state index is 13.4. The molecular weight excluding hydrogens is 289 g/mol. The lowest BCUT2D eigenvalue weighted by Crippen LogP contribution is -2.05. The molecule has 0 aliphatic rings. The summed E-state index contributed by atoms with van der Waals surface area (Å²) in [5.74, 6) is -2.58. The van der Waals surface area contributed by atoms with Crippen LogP contribution in [0.2, 0.25) is 0 Å². The van der Waals surface area contributed by atoms with Crippen LogP contribution in [0.4, 0.5) is 27.6 Å². The number of halogens is 5. The Morgan fingerprint density at radius 2 is 1.57 bits per heavy atom. The summed E-state index contributed by atoms with van der Waals surface area (Å²) in [5, 5.41) is 0. The second-order valence-electron chi connectivity index (χ2n) is 4.49. The summed E-state index contributed by atoms with van der Waals surface area (Å²) in [4.78, 5) is 2.82. The molecule has 1 nitrogen and oxygen atoms in total. The summed E-state index contributed by atoms with van der Waals surface area (Å²) in [6, 6.07) is 5.02. The Kier molecular flexibility index (Phi) is 3.69. The fourth-order valence-corrected chi connectivity index (χ4v) is 1.94. The third kappa shape index (κ3) is 3.02. The molecule has 0 heterocycles. The van der Waals surface area contributed by atoms with Gasteiger partial charge in [-0.25, -0.2) is 13.6 Å². The van der Waals surface area contributed by atoms with Crippen LogP contribution in [0.25, 0.3) is 16.0 Å². The molecule has 0 aliphatic carbocycles. The zero-order valence-corrected chi connectivity index (χ0v) is 10.7. The molecule has 0 amide bonds. The van der Waals surface area contributed by atoms with Crippen molar-refractivity contribution in [2.75, 3.05) is 0 Å². The van der Waals surface area contributed by atoms with Crippen molar-refractivity contribution in [2.24, 2.45) is 0 Å². The smallest absolute Gasteiger partial charge is 0.235 e. The van der Waals surface area contributed by atoms with Gasteiger partial charge in [-0.3, -0.25) is 0 Å². The van der Waals surface area contributed by atoms with Crippen LogP contribution in [0, 0.1) is 25.1 Å². The van der Waals surface area contributed by atoms with Gasteiger partial charge in [0.05, 0.1) is 12.1 Å². The van der Waals surface area contributed by atoms with Gasteiger partial charge < -0.3 is 0 Å². The molecule has 0 radical (unpaired) electrons. The molecule has 2 aromatic rings. The van der Waals surface area contributed by atoms with E-state index in [0.717, 1.165) is 24.3 Å². The third-order valence-corrected chi connectivity index (χ3v) is 2.87. The summed E-state index contributed by atoms with van der Waals surface area (Å²) in [6.07, 6.45) is -4.54. The van der Waals surface area contributed by atoms with Gasteiger partial charge in [0.25, 0.3) is 0 Å². The van der Waals surface area contributed by atoms with Crippen molar-refractivity contribution in [3.05, 3.63) is 64.5 Å². The first-order chi connectivity index (χ1) is 9.72. The molecular formula is C15H8F5N.